The van der Waals surface area contributed by atoms with Gasteiger partial charge in [-0.25, -0.2) is 27.8 Å². The first kappa shape index (κ1) is 24.7. The molecule has 1 aliphatic heterocycles. The van der Waals surface area contributed by atoms with Crippen LogP contribution in [0, 0.1) is 12.7 Å². The normalized spacial score (nSPS) is 13.2. The fourth-order valence-corrected chi connectivity index (χ4v) is 5.13. The number of aromatic nitrogens is 3. The summed E-state index contributed by atoms with van der Waals surface area (Å²) in [6.45, 7) is 6.36. The van der Waals surface area contributed by atoms with Gasteiger partial charge in [0.25, 0.3) is 0 Å². The molecule has 4 aromatic rings. The minimum Gasteiger partial charge on any atom is -0.474 e. The fourth-order valence-electron chi connectivity index (χ4n) is 4.14. The number of hydrogen-bond acceptors (Lipinski definition) is 9. The van der Waals surface area contributed by atoms with Crippen LogP contribution in [0.3, 0.4) is 0 Å². The van der Waals surface area contributed by atoms with Crippen molar-refractivity contribution in [1.82, 2.24) is 15.0 Å². The molecule has 0 saturated carbocycles. The Morgan fingerprint density at radius 1 is 1.16 bits per heavy atom. The molecule has 0 radical (unpaired) electrons. The predicted octanol–water partition coefficient (Wildman–Crippen LogP) is 4.59. The number of rotatable bonds is 6. The van der Waals surface area contributed by atoms with E-state index >= 15 is 4.39 Å². The molecular weight excluding hydrogens is 495 g/mol. The van der Waals surface area contributed by atoms with Crippen LogP contribution in [0.5, 0.6) is 5.88 Å². The summed E-state index contributed by atoms with van der Waals surface area (Å²) in [4.78, 5) is 13.2. The topological polar surface area (TPSA) is 132 Å². The van der Waals surface area contributed by atoms with Crippen LogP contribution in [-0.4, -0.2) is 41.8 Å². The van der Waals surface area contributed by atoms with Gasteiger partial charge in [-0.1, -0.05) is 12.1 Å². The van der Waals surface area contributed by atoms with Gasteiger partial charge in [-0.15, -0.1) is 0 Å². The Kier molecular flexibility index (Phi) is 6.32. The number of pyridine rings is 1. The van der Waals surface area contributed by atoms with Crippen LogP contribution >= 0.6 is 0 Å². The van der Waals surface area contributed by atoms with Crippen molar-refractivity contribution in [2.45, 2.75) is 31.8 Å². The number of nitrogens with one attached hydrogen (secondary N) is 2. The lowest BCUT2D eigenvalue weighted by molar-refractivity contribution is 0.310. The van der Waals surface area contributed by atoms with Crippen LogP contribution in [0.25, 0.3) is 22.0 Å². The summed E-state index contributed by atoms with van der Waals surface area (Å²) in [7, 11) is -3.19. The number of nitrogens with zero attached hydrogens (tertiary/aromatic N) is 3. The number of anilines is 4. The largest absolute Gasteiger partial charge is 0.474 e. The molecule has 4 N–H and O–H groups in total. The van der Waals surface area contributed by atoms with Gasteiger partial charge in [-0.3, -0.25) is 0 Å². The third kappa shape index (κ3) is 4.74. The maximum absolute atomic E-state index is 15.4. The number of fused-ring (bicyclic) bond motifs is 2. The number of halogens is 1. The Morgan fingerprint density at radius 2 is 1.92 bits per heavy atom. The lowest BCUT2D eigenvalue weighted by atomic mass is 9.98. The van der Waals surface area contributed by atoms with Crippen molar-refractivity contribution in [2.75, 3.05) is 29.5 Å². The maximum Gasteiger partial charge on any atom is 0.237 e. The van der Waals surface area contributed by atoms with Crippen LogP contribution in [0.4, 0.5) is 27.4 Å². The molecule has 2 aromatic heterocycles. The molecule has 0 fully saturated rings. The molecule has 0 saturated heterocycles. The van der Waals surface area contributed by atoms with Gasteiger partial charge in [0.05, 0.1) is 22.2 Å². The lowest BCUT2D eigenvalue weighted by Gasteiger charge is -2.22. The quantitative estimate of drug-likeness (QED) is 0.311. The first-order valence-corrected chi connectivity index (χ1v) is 13.5. The summed E-state index contributed by atoms with van der Waals surface area (Å²) in [6, 6.07) is 8.66. The molecule has 9 nitrogen and oxygen atoms in total. The van der Waals surface area contributed by atoms with Gasteiger partial charge in [0, 0.05) is 41.1 Å². The number of benzene rings is 2. The predicted molar refractivity (Wildman–Crippen MR) is 143 cm³/mol. The molecule has 11 heteroatoms. The van der Waals surface area contributed by atoms with E-state index in [2.05, 4.69) is 25.6 Å². The van der Waals surface area contributed by atoms with Crippen LogP contribution < -0.4 is 21.1 Å². The SMILES string of the molecule is Cc1c(-c2cc3nc(Nc4ccc(CS(=O)(=O)C(C)C)cc4)ncc3c(N)c2F)cnc2c1NCCO2. The van der Waals surface area contributed by atoms with Crippen molar-refractivity contribution in [3.8, 4) is 17.0 Å². The summed E-state index contributed by atoms with van der Waals surface area (Å²) in [5.74, 6) is 0.194. The number of nitrogen functional groups attached to an aromatic ring is 1. The molecule has 5 rings (SSSR count). The molecule has 0 bridgehead atoms. The first-order chi connectivity index (χ1) is 17.6. The smallest absolute Gasteiger partial charge is 0.237 e. The minimum atomic E-state index is -3.19. The number of ether oxygens (including phenoxy) is 1. The summed E-state index contributed by atoms with van der Waals surface area (Å²) >= 11 is 0. The van der Waals surface area contributed by atoms with Crippen LogP contribution in [0.1, 0.15) is 25.0 Å². The van der Waals surface area contributed by atoms with E-state index in [9.17, 15) is 8.42 Å². The molecule has 0 aliphatic carbocycles. The van der Waals surface area contributed by atoms with Gasteiger partial charge in [-0.2, -0.15) is 0 Å². The zero-order valence-electron chi connectivity index (χ0n) is 20.7. The third-order valence-corrected chi connectivity index (χ3v) is 8.57. The van der Waals surface area contributed by atoms with Gasteiger partial charge in [-0.05, 0) is 50.1 Å². The summed E-state index contributed by atoms with van der Waals surface area (Å²) < 4.78 is 45.3. The molecular formula is C26H27FN6O3S. The van der Waals surface area contributed by atoms with Gasteiger partial charge >= 0.3 is 0 Å². The van der Waals surface area contributed by atoms with Crippen molar-refractivity contribution < 1.29 is 17.5 Å². The summed E-state index contributed by atoms with van der Waals surface area (Å²) in [5.41, 5.74) is 10.3. The van der Waals surface area contributed by atoms with E-state index in [1.165, 1.54) is 6.20 Å². The molecule has 1 aliphatic rings. The highest BCUT2D eigenvalue weighted by Crippen LogP contribution is 2.39. The van der Waals surface area contributed by atoms with E-state index in [4.69, 9.17) is 10.5 Å². The second-order valence-electron chi connectivity index (χ2n) is 9.21. The summed E-state index contributed by atoms with van der Waals surface area (Å²) in [6.07, 6.45) is 3.05. The second kappa shape index (κ2) is 9.47. The molecule has 37 heavy (non-hydrogen) atoms. The molecule has 2 aromatic carbocycles. The highest BCUT2D eigenvalue weighted by Gasteiger charge is 2.21. The van der Waals surface area contributed by atoms with Crippen LogP contribution in [-0.2, 0) is 15.6 Å². The van der Waals surface area contributed by atoms with Gasteiger partial charge in [0.2, 0.25) is 11.8 Å². The number of sulfone groups is 1. The van der Waals surface area contributed by atoms with E-state index in [1.54, 1.807) is 50.4 Å². The third-order valence-electron chi connectivity index (χ3n) is 6.40. The van der Waals surface area contributed by atoms with E-state index in [-0.39, 0.29) is 17.0 Å². The van der Waals surface area contributed by atoms with Crippen molar-refractivity contribution in [3.05, 3.63) is 59.7 Å². The van der Waals surface area contributed by atoms with E-state index in [0.717, 1.165) is 11.3 Å². The van der Waals surface area contributed by atoms with Crippen molar-refractivity contribution in [1.29, 1.82) is 0 Å². The average molecular weight is 523 g/mol. The van der Waals surface area contributed by atoms with Crippen molar-refractivity contribution in [3.63, 3.8) is 0 Å². The van der Waals surface area contributed by atoms with E-state index in [0.29, 0.717) is 52.7 Å². The molecule has 192 valence electrons. The highest BCUT2D eigenvalue weighted by molar-refractivity contribution is 7.91. The fraction of sp³-hybridized carbons (Fsp3) is 0.269. The Bertz CT molecular complexity index is 1610. The van der Waals surface area contributed by atoms with Crippen LogP contribution in [0.15, 0.2) is 42.7 Å². The first-order valence-electron chi connectivity index (χ1n) is 11.8. The second-order valence-corrected chi connectivity index (χ2v) is 11.8. The Morgan fingerprint density at radius 3 is 2.65 bits per heavy atom. The molecule has 0 atom stereocenters. The molecule has 0 amide bonds. The van der Waals surface area contributed by atoms with E-state index in [1.807, 2.05) is 6.92 Å². The van der Waals surface area contributed by atoms with Gasteiger partial charge < -0.3 is 21.1 Å². The molecule has 0 unspecified atom stereocenters. The van der Waals surface area contributed by atoms with E-state index < -0.39 is 20.9 Å². The maximum atomic E-state index is 15.4. The van der Waals surface area contributed by atoms with Crippen molar-refractivity contribution >= 4 is 43.8 Å². The Labute approximate surface area is 214 Å². The number of hydrogen-bond donors (Lipinski definition) is 3. The highest BCUT2D eigenvalue weighted by atomic mass is 32.2. The minimum absolute atomic E-state index is 0.0242. The van der Waals surface area contributed by atoms with Gasteiger partial charge in [0.1, 0.15) is 12.3 Å². The van der Waals surface area contributed by atoms with Gasteiger partial charge in [0.15, 0.2) is 15.7 Å². The lowest BCUT2D eigenvalue weighted by Crippen LogP contribution is -2.20. The number of nitrogens with two attached hydrogens (primary N) is 1. The molecule has 0 spiro atoms. The zero-order valence-corrected chi connectivity index (χ0v) is 21.5. The van der Waals surface area contributed by atoms with Crippen molar-refractivity contribution in [2.24, 2.45) is 0 Å². The average Bonchev–Trinajstić information content (AvgIpc) is 2.88. The monoisotopic (exact) mass is 522 g/mol. The zero-order chi connectivity index (χ0) is 26.3. The Hall–Kier alpha value is -3.99. The van der Waals surface area contributed by atoms with Crippen LogP contribution in [0.2, 0.25) is 0 Å². The molecule has 3 heterocycles. The summed E-state index contributed by atoms with van der Waals surface area (Å²) in [5, 5.41) is 6.32. The Balaban J connectivity index is 1.46. The standard InChI is InChI=1S/C26H27FN6O3S/c1-14(2)37(34,35)13-16-4-6-17(7-5-16)32-26-31-12-20-21(33-26)10-18(22(27)23(20)28)19-11-30-25-24(15(19)3)29-8-9-36-25/h4-7,10-12,14,29H,8-9,13,28H2,1-3H3,(H,31,32,33).